The van der Waals surface area contributed by atoms with Crippen molar-refractivity contribution >= 4 is 45.3 Å². The monoisotopic (exact) mass is 345 g/mol. The van der Waals surface area contributed by atoms with E-state index in [1.807, 2.05) is 25.1 Å². The summed E-state index contributed by atoms with van der Waals surface area (Å²) >= 11 is 4.81. The molecule has 0 unspecified atom stereocenters. The van der Waals surface area contributed by atoms with Gasteiger partial charge in [0.1, 0.15) is 0 Å². The Morgan fingerprint density at radius 3 is 2.79 bits per heavy atom. The molecule has 19 heavy (non-hydrogen) atoms. The minimum absolute atomic E-state index is 0.0839. The number of rotatable bonds is 6. The molecular weight excluding hydrogens is 330 g/mol. The zero-order chi connectivity index (χ0) is 14.3. The maximum Gasteiger partial charge on any atom is 0.306 e. The number of carbonyl (C=O) groups is 2. The Bertz CT molecular complexity index is 465. The van der Waals surface area contributed by atoms with E-state index in [0.717, 1.165) is 15.7 Å². The molecule has 0 aliphatic carbocycles. The van der Waals surface area contributed by atoms with Crippen LogP contribution in [0.1, 0.15) is 12.0 Å². The lowest BCUT2D eigenvalue weighted by Gasteiger charge is -2.07. The van der Waals surface area contributed by atoms with E-state index >= 15 is 0 Å². The van der Waals surface area contributed by atoms with E-state index in [9.17, 15) is 9.59 Å². The lowest BCUT2D eigenvalue weighted by atomic mass is 10.2. The number of nitrogens with one attached hydrogen (secondary N) is 1. The normalized spacial score (nSPS) is 10.1. The van der Waals surface area contributed by atoms with Gasteiger partial charge in [-0.1, -0.05) is 6.07 Å². The third-order valence-electron chi connectivity index (χ3n) is 2.31. The van der Waals surface area contributed by atoms with Crippen LogP contribution < -0.4 is 5.32 Å². The van der Waals surface area contributed by atoms with Crippen LogP contribution in [0.2, 0.25) is 0 Å². The van der Waals surface area contributed by atoms with E-state index in [1.54, 1.807) is 0 Å². The first-order valence-electron chi connectivity index (χ1n) is 5.73. The van der Waals surface area contributed by atoms with Gasteiger partial charge >= 0.3 is 5.97 Å². The van der Waals surface area contributed by atoms with Crippen LogP contribution in [-0.2, 0) is 14.3 Å². The van der Waals surface area contributed by atoms with E-state index in [4.69, 9.17) is 0 Å². The largest absolute Gasteiger partial charge is 0.469 e. The van der Waals surface area contributed by atoms with Crippen LogP contribution in [0.3, 0.4) is 0 Å². The number of anilines is 1. The number of benzene rings is 1. The predicted molar refractivity (Wildman–Crippen MR) is 81.5 cm³/mol. The van der Waals surface area contributed by atoms with Gasteiger partial charge in [0.15, 0.2) is 0 Å². The summed E-state index contributed by atoms with van der Waals surface area (Å²) in [4.78, 5) is 22.6. The number of ether oxygens (including phenoxy) is 1. The van der Waals surface area contributed by atoms with E-state index in [-0.39, 0.29) is 11.9 Å². The van der Waals surface area contributed by atoms with Crippen LogP contribution in [0.4, 0.5) is 5.69 Å². The third-order valence-corrected chi connectivity index (χ3v) is 3.93. The Balaban J connectivity index is 2.33. The minimum Gasteiger partial charge on any atom is -0.469 e. The van der Waals surface area contributed by atoms with Crippen LogP contribution in [0.25, 0.3) is 0 Å². The topological polar surface area (TPSA) is 55.4 Å². The van der Waals surface area contributed by atoms with Gasteiger partial charge in [0.25, 0.3) is 0 Å². The molecule has 0 aliphatic heterocycles. The number of thioether (sulfide) groups is 1. The fraction of sp³-hybridized carbons (Fsp3) is 0.385. The van der Waals surface area contributed by atoms with Gasteiger partial charge in [-0.3, -0.25) is 9.59 Å². The van der Waals surface area contributed by atoms with Crippen molar-refractivity contribution in [2.24, 2.45) is 0 Å². The van der Waals surface area contributed by atoms with Crippen molar-refractivity contribution in [1.29, 1.82) is 0 Å². The number of hydrogen-bond donors (Lipinski definition) is 1. The summed E-state index contributed by atoms with van der Waals surface area (Å²) in [7, 11) is 1.36. The van der Waals surface area contributed by atoms with Crippen LogP contribution in [0.5, 0.6) is 0 Å². The zero-order valence-corrected chi connectivity index (χ0v) is 13.3. The Kier molecular flexibility index (Phi) is 6.94. The Labute approximate surface area is 125 Å². The lowest BCUT2D eigenvalue weighted by molar-refractivity contribution is -0.140. The summed E-state index contributed by atoms with van der Waals surface area (Å²) in [6.07, 6.45) is 0.322. The number of aryl methyl sites for hydroxylation is 1. The average molecular weight is 346 g/mol. The summed E-state index contributed by atoms with van der Waals surface area (Å²) in [6, 6.07) is 5.74. The van der Waals surface area contributed by atoms with Gasteiger partial charge in [0.2, 0.25) is 5.91 Å². The number of amides is 1. The first kappa shape index (κ1) is 16.0. The smallest absolute Gasteiger partial charge is 0.306 e. The second-order valence-corrected chi connectivity index (χ2v) is 5.87. The van der Waals surface area contributed by atoms with Crippen molar-refractivity contribution in [3.8, 4) is 0 Å². The molecule has 0 heterocycles. The molecule has 1 amide bonds. The highest BCUT2D eigenvalue weighted by molar-refractivity contribution is 9.10. The van der Waals surface area contributed by atoms with Crippen molar-refractivity contribution in [3.63, 3.8) is 0 Å². The first-order valence-corrected chi connectivity index (χ1v) is 7.68. The van der Waals surface area contributed by atoms with Crippen molar-refractivity contribution in [2.45, 2.75) is 13.3 Å². The quantitative estimate of drug-likeness (QED) is 0.636. The Morgan fingerprint density at radius 1 is 1.42 bits per heavy atom. The summed E-state index contributed by atoms with van der Waals surface area (Å²) in [5.41, 5.74) is 1.88. The van der Waals surface area contributed by atoms with E-state index in [0.29, 0.717) is 17.9 Å². The standard InChI is InChI=1S/C13H16BrNO3S/c1-9-3-4-11(10(14)7-9)15-12(16)8-19-6-5-13(17)18-2/h3-4,7H,5-6,8H2,1-2H3,(H,15,16). The molecule has 0 atom stereocenters. The highest BCUT2D eigenvalue weighted by Crippen LogP contribution is 2.23. The van der Waals surface area contributed by atoms with E-state index in [2.05, 4.69) is 26.0 Å². The summed E-state index contributed by atoms with van der Waals surface area (Å²) in [6.45, 7) is 1.99. The number of hydrogen-bond acceptors (Lipinski definition) is 4. The predicted octanol–water partition coefficient (Wildman–Crippen LogP) is 2.99. The molecule has 0 fully saturated rings. The fourth-order valence-electron chi connectivity index (χ4n) is 1.33. The summed E-state index contributed by atoms with van der Waals surface area (Å²) < 4.78 is 5.38. The van der Waals surface area contributed by atoms with Crippen LogP contribution in [0, 0.1) is 6.92 Å². The molecule has 1 rings (SSSR count). The fourth-order valence-corrected chi connectivity index (χ4v) is 2.64. The molecule has 1 aromatic rings. The molecular formula is C13H16BrNO3S. The van der Waals surface area contributed by atoms with E-state index < -0.39 is 0 Å². The van der Waals surface area contributed by atoms with Gasteiger partial charge in [-0.15, -0.1) is 0 Å². The van der Waals surface area contributed by atoms with Gasteiger partial charge in [-0.05, 0) is 40.5 Å². The molecule has 0 spiro atoms. The average Bonchev–Trinajstić information content (AvgIpc) is 2.37. The van der Waals surface area contributed by atoms with Crippen molar-refractivity contribution in [1.82, 2.24) is 0 Å². The number of carbonyl (C=O) groups excluding carboxylic acids is 2. The maximum atomic E-state index is 11.7. The number of esters is 1. The molecule has 0 aliphatic rings. The van der Waals surface area contributed by atoms with Gasteiger partial charge in [-0.25, -0.2) is 0 Å². The number of halogens is 1. The molecule has 0 aromatic heterocycles. The Hall–Kier alpha value is -1.01. The second-order valence-electron chi connectivity index (χ2n) is 3.91. The maximum absolute atomic E-state index is 11.7. The van der Waals surface area contributed by atoms with Crippen molar-refractivity contribution in [2.75, 3.05) is 23.9 Å². The highest BCUT2D eigenvalue weighted by atomic mass is 79.9. The van der Waals surface area contributed by atoms with Gasteiger partial charge in [0, 0.05) is 10.2 Å². The second kappa shape index (κ2) is 8.22. The molecule has 0 saturated heterocycles. The molecule has 104 valence electrons. The molecule has 4 nitrogen and oxygen atoms in total. The van der Waals surface area contributed by atoms with Gasteiger partial charge in [0.05, 0.1) is 25.0 Å². The molecule has 1 aromatic carbocycles. The molecule has 1 N–H and O–H groups in total. The van der Waals surface area contributed by atoms with Crippen molar-refractivity contribution in [3.05, 3.63) is 28.2 Å². The zero-order valence-electron chi connectivity index (χ0n) is 10.9. The Morgan fingerprint density at radius 2 is 2.16 bits per heavy atom. The van der Waals surface area contributed by atoms with Gasteiger partial charge < -0.3 is 10.1 Å². The highest BCUT2D eigenvalue weighted by Gasteiger charge is 2.07. The van der Waals surface area contributed by atoms with Crippen LogP contribution in [0.15, 0.2) is 22.7 Å². The lowest BCUT2D eigenvalue weighted by Crippen LogP contribution is -2.15. The molecule has 0 saturated carbocycles. The van der Waals surface area contributed by atoms with Crippen molar-refractivity contribution < 1.29 is 14.3 Å². The van der Waals surface area contributed by atoms with Gasteiger partial charge in [-0.2, -0.15) is 11.8 Å². The SMILES string of the molecule is COC(=O)CCSCC(=O)Nc1ccc(C)cc1Br. The van der Waals surface area contributed by atoms with E-state index in [1.165, 1.54) is 18.9 Å². The third kappa shape index (κ3) is 6.11. The first-order chi connectivity index (χ1) is 9.02. The number of methoxy groups -OCH3 is 1. The van der Waals surface area contributed by atoms with Crippen LogP contribution >= 0.6 is 27.7 Å². The summed E-state index contributed by atoms with van der Waals surface area (Å²) in [5.74, 6) is 0.556. The minimum atomic E-state index is -0.255. The van der Waals surface area contributed by atoms with Crippen LogP contribution in [-0.4, -0.2) is 30.5 Å². The molecule has 0 radical (unpaired) electrons. The molecule has 0 bridgehead atoms. The molecule has 6 heteroatoms. The summed E-state index contributed by atoms with van der Waals surface area (Å²) in [5, 5.41) is 2.82.